The lowest BCUT2D eigenvalue weighted by Crippen LogP contribution is -2.22. The number of alkyl halides is 1. The Morgan fingerprint density at radius 3 is 2.41 bits per heavy atom. The third-order valence-corrected chi connectivity index (χ3v) is 3.85. The van der Waals surface area contributed by atoms with Gasteiger partial charge in [0.05, 0.1) is 4.83 Å². The van der Waals surface area contributed by atoms with Crippen LogP contribution in [0.2, 0.25) is 0 Å². The fourth-order valence-electron chi connectivity index (χ4n) is 1.41. The highest BCUT2D eigenvalue weighted by Gasteiger charge is 2.21. The zero-order chi connectivity index (χ0) is 13.2. The normalized spacial score (nSPS) is 12.9. The van der Waals surface area contributed by atoms with Crippen LogP contribution in [-0.2, 0) is 11.2 Å². The summed E-state index contributed by atoms with van der Waals surface area (Å²) in [4.78, 5) is 11.2. The Morgan fingerprint density at radius 1 is 1.35 bits per heavy atom. The van der Waals surface area contributed by atoms with Crippen LogP contribution in [0.5, 0.6) is 0 Å². The van der Waals surface area contributed by atoms with Crippen LogP contribution < -0.4 is 0 Å². The molecule has 1 nitrogen and oxygen atoms in total. The monoisotopic (exact) mass is 368 g/mol. The van der Waals surface area contributed by atoms with Crippen molar-refractivity contribution in [2.45, 2.75) is 25.1 Å². The second kappa shape index (κ2) is 6.05. The first-order valence-corrected chi connectivity index (χ1v) is 6.85. The van der Waals surface area contributed by atoms with Crippen molar-refractivity contribution in [2.24, 2.45) is 5.92 Å². The van der Waals surface area contributed by atoms with Gasteiger partial charge in [0.1, 0.15) is 17.4 Å². The minimum Gasteiger partial charge on any atom is -0.298 e. The fourth-order valence-corrected chi connectivity index (χ4v) is 2.83. The highest BCUT2D eigenvalue weighted by atomic mass is 79.9. The van der Waals surface area contributed by atoms with Gasteiger partial charge in [-0.3, -0.25) is 4.79 Å². The quantitative estimate of drug-likeness (QED) is 0.725. The van der Waals surface area contributed by atoms with Gasteiger partial charge in [0.2, 0.25) is 0 Å². The van der Waals surface area contributed by atoms with Crippen LogP contribution in [0, 0.1) is 17.6 Å². The largest absolute Gasteiger partial charge is 0.298 e. The highest BCUT2D eigenvalue weighted by molar-refractivity contribution is 9.10. The molecule has 1 aromatic rings. The van der Waals surface area contributed by atoms with E-state index in [0.29, 0.717) is 10.0 Å². The maximum atomic E-state index is 13.5. The summed E-state index contributed by atoms with van der Waals surface area (Å²) in [7, 11) is 0. The first kappa shape index (κ1) is 14.8. The Labute approximate surface area is 116 Å². The molecule has 94 valence electrons. The molecule has 0 radical (unpaired) electrons. The van der Waals surface area contributed by atoms with E-state index in [9.17, 15) is 13.6 Å². The zero-order valence-electron chi connectivity index (χ0n) is 9.44. The maximum absolute atomic E-state index is 13.5. The summed E-state index contributed by atoms with van der Waals surface area (Å²) in [5.41, 5.74) is 0.308. The van der Waals surface area contributed by atoms with Gasteiger partial charge in [-0.05, 0) is 12.5 Å². The van der Waals surface area contributed by atoms with E-state index in [1.807, 2.05) is 0 Å². The number of carbonyl (C=O) groups excluding carboxylic acids is 1. The number of hydrogen-bond donors (Lipinski definition) is 0. The maximum Gasteiger partial charge on any atom is 0.149 e. The van der Waals surface area contributed by atoms with Crippen molar-refractivity contribution in [3.05, 3.63) is 33.8 Å². The molecule has 0 aliphatic heterocycles. The molecule has 0 amide bonds. The molecular formula is C12H12Br2F2O. The lowest BCUT2D eigenvalue weighted by molar-refractivity contribution is -0.121. The number of rotatable bonds is 4. The summed E-state index contributed by atoms with van der Waals surface area (Å²) in [5, 5.41) is 0. The number of ketones is 1. The predicted octanol–water partition coefficient (Wildman–Crippen LogP) is 4.26. The topological polar surface area (TPSA) is 17.1 Å². The number of carbonyl (C=O) groups is 1. The Bertz CT molecular complexity index is 410. The average molecular weight is 370 g/mol. The van der Waals surface area contributed by atoms with Crippen LogP contribution >= 0.6 is 31.9 Å². The number of Topliss-reactive ketones (excluding diaryl/α,β-unsaturated/α-hetero) is 1. The SMILES string of the molecule is CC(C)C(=O)C(Br)Cc1c(F)cc(F)cc1Br. The lowest BCUT2D eigenvalue weighted by Gasteiger charge is -2.13. The Morgan fingerprint density at radius 2 is 1.94 bits per heavy atom. The van der Waals surface area contributed by atoms with Gasteiger partial charge >= 0.3 is 0 Å². The van der Waals surface area contributed by atoms with Gasteiger partial charge in [0, 0.05) is 22.0 Å². The van der Waals surface area contributed by atoms with E-state index in [0.717, 1.165) is 6.07 Å². The third kappa shape index (κ3) is 3.85. The number of hydrogen-bond acceptors (Lipinski definition) is 1. The molecular weight excluding hydrogens is 358 g/mol. The van der Waals surface area contributed by atoms with Gasteiger partial charge in [0.25, 0.3) is 0 Å². The molecule has 0 heterocycles. The van der Waals surface area contributed by atoms with Crippen molar-refractivity contribution in [1.29, 1.82) is 0 Å². The van der Waals surface area contributed by atoms with Crippen LogP contribution in [-0.4, -0.2) is 10.6 Å². The molecule has 1 aromatic carbocycles. The molecule has 0 saturated carbocycles. The van der Waals surface area contributed by atoms with Crippen molar-refractivity contribution in [3.8, 4) is 0 Å². The smallest absolute Gasteiger partial charge is 0.149 e. The van der Waals surface area contributed by atoms with Gasteiger partial charge < -0.3 is 0 Å². The van der Waals surface area contributed by atoms with Crippen LogP contribution in [0.15, 0.2) is 16.6 Å². The molecule has 0 aliphatic carbocycles. The van der Waals surface area contributed by atoms with E-state index in [4.69, 9.17) is 0 Å². The molecule has 5 heteroatoms. The Hall–Kier alpha value is -0.290. The summed E-state index contributed by atoms with van der Waals surface area (Å²) in [6, 6.07) is 2.01. The molecule has 0 saturated heterocycles. The van der Waals surface area contributed by atoms with E-state index in [1.54, 1.807) is 13.8 Å². The van der Waals surface area contributed by atoms with Crippen LogP contribution in [0.3, 0.4) is 0 Å². The second-order valence-electron chi connectivity index (χ2n) is 4.08. The Balaban J connectivity index is 2.92. The first-order chi connectivity index (χ1) is 7.82. The van der Waals surface area contributed by atoms with Crippen molar-refractivity contribution in [2.75, 3.05) is 0 Å². The van der Waals surface area contributed by atoms with Gasteiger partial charge in [-0.2, -0.15) is 0 Å². The molecule has 0 fully saturated rings. The second-order valence-corrected chi connectivity index (χ2v) is 6.04. The molecule has 1 atom stereocenters. The lowest BCUT2D eigenvalue weighted by atomic mass is 10.0. The summed E-state index contributed by atoms with van der Waals surface area (Å²) in [6.07, 6.45) is 0.198. The Kier molecular flexibility index (Phi) is 5.25. The van der Waals surface area contributed by atoms with E-state index >= 15 is 0 Å². The fraction of sp³-hybridized carbons (Fsp3) is 0.417. The van der Waals surface area contributed by atoms with Crippen molar-refractivity contribution in [3.63, 3.8) is 0 Å². The van der Waals surface area contributed by atoms with Crippen LogP contribution in [0.1, 0.15) is 19.4 Å². The molecule has 1 rings (SSSR count). The van der Waals surface area contributed by atoms with Crippen molar-refractivity contribution in [1.82, 2.24) is 0 Å². The highest BCUT2D eigenvalue weighted by Crippen LogP contribution is 2.25. The first-order valence-electron chi connectivity index (χ1n) is 5.14. The molecule has 0 aromatic heterocycles. The van der Waals surface area contributed by atoms with Crippen molar-refractivity contribution >= 4 is 37.6 Å². The number of benzene rings is 1. The molecule has 0 aliphatic rings. The predicted molar refractivity (Wildman–Crippen MR) is 70.3 cm³/mol. The standard InChI is InChI=1S/C12H12Br2F2O/c1-6(2)12(17)10(14)5-8-9(13)3-7(15)4-11(8)16/h3-4,6,10H,5H2,1-2H3. The van der Waals surface area contributed by atoms with Crippen molar-refractivity contribution < 1.29 is 13.6 Å². The minimum atomic E-state index is -0.641. The molecule has 0 spiro atoms. The molecule has 17 heavy (non-hydrogen) atoms. The van der Waals surface area contributed by atoms with E-state index in [1.165, 1.54) is 6.07 Å². The van der Waals surface area contributed by atoms with E-state index < -0.39 is 16.5 Å². The molecule has 0 N–H and O–H groups in total. The summed E-state index contributed by atoms with van der Waals surface area (Å²) >= 11 is 6.34. The van der Waals surface area contributed by atoms with Gasteiger partial charge in [-0.25, -0.2) is 8.78 Å². The van der Waals surface area contributed by atoms with Crippen LogP contribution in [0.25, 0.3) is 0 Å². The summed E-state index contributed by atoms with van der Waals surface area (Å²) < 4.78 is 26.8. The summed E-state index contributed by atoms with van der Waals surface area (Å²) in [6.45, 7) is 3.57. The van der Waals surface area contributed by atoms with Gasteiger partial charge in [0.15, 0.2) is 0 Å². The van der Waals surface area contributed by atoms with Gasteiger partial charge in [-0.1, -0.05) is 45.7 Å². The molecule has 1 unspecified atom stereocenters. The number of halogens is 4. The summed E-state index contributed by atoms with van der Waals surface area (Å²) in [5.74, 6) is -1.40. The molecule has 0 bridgehead atoms. The third-order valence-electron chi connectivity index (χ3n) is 2.37. The minimum absolute atomic E-state index is 0.000579. The average Bonchev–Trinajstić information content (AvgIpc) is 2.21. The van der Waals surface area contributed by atoms with E-state index in [2.05, 4.69) is 31.9 Å². The van der Waals surface area contributed by atoms with Gasteiger partial charge in [-0.15, -0.1) is 0 Å². The van der Waals surface area contributed by atoms with Crippen LogP contribution in [0.4, 0.5) is 8.78 Å². The zero-order valence-corrected chi connectivity index (χ0v) is 12.6. The van der Waals surface area contributed by atoms with E-state index in [-0.39, 0.29) is 18.1 Å².